The van der Waals surface area contributed by atoms with E-state index in [1.165, 1.54) is 96.3 Å². The number of hydrogen-bond acceptors (Lipinski definition) is 3. The third-order valence-electron chi connectivity index (χ3n) is 4.90. The molecule has 0 saturated carbocycles. The van der Waals surface area contributed by atoms with E-state index in [0.29, 0.717) is 0 Å². The molecule has 4 nitrogen and oxygen atoms in total. The Labute approximate surface area is 169 Å². The van der Waals surface area contributed by atoms with Crippen molar-refractivity contribution >= 4 is 10.3 Å². The second-order valence-electron chi connectivity index (χ2n) is 7.67. The molecule has 5 heteroatoms. The lowest BCUT2D eigenvalue weighted by Crippen LogP contribution is -2.16. The molecule has 0 saturated heterocycles. The van der Waals surface area contributed by atoms with Gasteiger partial charge in [0.2, 0.25) is 0 Å². The fraction of sp³-hybridized carbons (Fsp3) is 0.909. The number of unbranched alkanes of at least 4 members (excludes halogenated alkanes) is 16. The molecule has 0 bridgehead atoms. The maximum absolute atomic E-state index is 10.6. The summed E-state index contributed by atoms with van der Waals surface area (Å²) >= 11 is 0. The Morgan fingerprint density at radius 1 is 0.630 bits per heavy atom. The van der Waals surface area contributed by atoms with Crippen LogP contribution in [0.3, 0.4) is 0 Å². The lowest BCUT2D eigenvalue weighted by molar-refractivity contribution is 0.306. The zero-order valence-corrected chi connectivity index (χ0v) is 18.6. The molecule has 0 heterocycles. The van der Waals surface area contributed by atoms with E-state index in [0.717, 1.165) is 19.3 Å². The van der Waals surface area contributed by atoms with Crippen LogP contribution in [0.4, 0.5) is 0 Å². The second-order valence-corrected chi connectivity index (χ2v) is 8.89. The van der Waals surface area contributed by atoms with Crippen LogP contribution >= 0.6 is 0 Å². The molecule has 0 aromatic rings. The largest absolute Gasteiger partial charge is 0.333 e. The van der Waals surface area contributed by atoms with Gasteiger partial charge in [0, 0.05) is 0 Å². The quantitative estimate of drug-likeness (QED) is 0.169. The van der Waals surface area contributed by atoms with Crippen molar-refractivity contribution in [3.63, 3.8) is 0 Å². The van der Waals surface area contributed by atoms with Gasteiger partial charge in [0.25, 0.3) is 0 Å². The van der Waals surface area contributed by atoms with Crippen molar-refractivity contribution < 1.29 is 12.6 Å². The van der Waals surface area contributed by atoms with Gasteiger partial charge in [-0.3, -0.25) is 4.18 Å². The molecule has 0 amide bonds. The van der Waals surface area contributed by atoms with Crippen molar-refractivity contribution in [3.05, 3.63) is 12.2 Å². The fourth-order valence-corrected chi connectivity index (χ4v) is 3.58. The van der Waals surface area contributed by atoms with Gasteiger partial charge in [-0.05, 0) is 32.1 Å². The van der Waals surface area contributed by atoms with Crippen LogP contribution in [0.5, 0.6) is 0 Å². The van der Waals surface area contributed by atoms with E-state index in [1.807, 2.05) is 0 Å². The fourth-order valence-electron chi connectivity index (χ4n) is 3.23. The van der Waals surface area contributed by atoms with E-state index in [1.54, 1.807) is 0 Å². The number of nitrogens with two attached hydrogens (primary N) is 1. The summed E-state index contributed by atoms with van der Waals surface area (Å²) in [4.78, 5) is 0. The first-order valence-electron chi connectivity index (χ1n) is 11.4. The van der Waals surface area contributed by atoms with Crippen molar-refractivity contribution in [3.8, 4) is 0 Å². The maximum atomic E-state index is 10.6. The Morgan fingerprint density at radius 2 is 1.00 bits per heavy atom. The van der Waals surface area contributed by atoms with Crippen LogP contribution < -0.4 is 5.14 Å². The van der Waals surface area contributed by atoms with Crippen LogP contribution in [-0.2, 0) is 14.5 Å². The average molecular weight is 404 g/mol. The van der Waals surface area contributed by atoms with E-state index >= 15 is 0 Å². The smallest absolute Gasteiger partial charge is 0.258 e. The minimum Gasteiger partial charge on any atom is -0.258 e. The molecule has 0 aliphatic rings. The second kappa shape index (κ2) is 20.3. The molecule has 0 spiro atoms. The van der Waals surface area contributed by atoms with Gasteiger partial charge in [-0.25, -0.2) is 5.14 Å². The summed E-state index contributed by atoms with van der Waals surface area (Å²) in [5.74, 6) is 0. The first-order valence-corrected chi connectivity index (χ1v) is 12.9. The Balaban J connectivity index is 3.11. The van der Waals surface area contributed by atoms with Crippen LogP contribution in [0.2, 0.25) is 0 Å². The van der Waals surface area contributed by atoms with Crippen LogP contribution in [0.1, 0.15) is 122 Å². The highest BCUT2D eigenvalue weighted by molar-refractivity contribution is 7.84. The first kappa shape index (κ1) is 26.6. The van der Waals surface area contributed by atoms with E-state index in [-0.39, 0.29) is 6.61 Å². The van der Waals surface area contributed by atoms with Gasteiger partial charge in [-0.1, -0.05) is 103 Å². The average Bonchev–Trinajstić information content (AvgIpc) is 2.62. The Bertz CT molecular complexity index is 421. The van der Waals surface area contributed by atoms with Crippen molar-refractivity contribution in [2.24, 2.45) is 5.14 Å². The summed E-state index contributed by atoms with van der Waals surface area (Å²) in [6.07, 6.45) is 27.7. The van der Waals surface area contributed by atoms with Gasteiger partial charge in [0.15, 0.2) is 0 Å². The van der Waals surface area contributed by atoms with Crippen molar-refractivity contribution in [1.29, 1.82) is 0 Å². The van der Waals surface area contributed by atoms with E-state index < -0.39 is 10.3 Å². The molecule has 0 unspecified atom stereocenters. The molecule has 0 atom stereocenters. The minimum atomic E-state index is -3.75. The van der Waals surface area contributed by atoms with Crippen LogP contribution in [-0.4, -0.2) is 15.0 Å². The van der Waals surface area contributed by atoms with Gasteiger partial charge < -0.3 is 0 Å². The molecule has 162 valence electrons. The minimum absolute atomic E-state index is 0.215. The predicted octanol–water partition coefficient (Wildman–Crippen LogP) is 6.80. The molecule has 0 aliphatic heterocycles. The van der Waals surface area contributed by atoms with Crippen LogP contribution in [0.25, 0.3) is 0 Å². The van der Waals surface area contributed by atoms with Gasteiger partial charge in [-0.15, -0.1) is 0 Å². The summed E-state index contributed by atoms with van der Waals surface area (Å²) in [7, 11) is -3.75. The van der Waals surface area contributed by atoms with Crippen molar-refractivity contribution in [1.82, 2.24) is 0 Å². The highest BCUT2D eigenvalue weighted by Crippen LogP contribution is 2.12. The van der Waals surface area contributed by atoms with E-state index in [9.17, 15) is 8.42 Å². The maximum Gasteiger partial charge on any atom is 0.333 e. The molecule has 0 fully saturated rings. The van der Waals surface area contributed by atoms with E-state index in [2.05, 4.69) is 23.3 Å². The monoisotopic (exact) mass is 403 g/mol. The van der Waals surface area contributed by atoms with Crippen LogP contribution in [0.15, 0.2) is 12.2 Å². The van der Waals surface area contributed by atoms with Gasteiger partial charge in [-0.2, -0.15) is 8.42 Å². The van der Waals surface area contributed by atoms with Crippen LogP contribution in [0, 0.1) is 0 Å². The summed E-state index contributed by atoms with van der Waals surface area (Å²) < 4.78 is 25.7. The predicted molar refractivity (Wildman–Crippen MR) is 117 cm³/mol. The van der Waals surface area contributed by atoms with Gasteiger partial charge in [0.05, 0.1) is 6.61 Å². The van der Waals surface area contributed by atoms with Crippen molar-refractivity contribution in [2.45, 2.75) is 122 Å². The topological polar surface area (TPSA) is 69.4 Å². The number of hydrogen-bond donors (Lipinski definition) is 1. The molecule has 2 N–H and O–H groups in total. The molecule has 0 aromatic carbocycles. The highest BCUT2D eigenvalue weighted by atomic mass is 32.2. The van der Waals surface area contributed by atoms with E-state index in [4.69, 9.17) is 5.14 Å². The Morgan fingerprint density at radius 3 is 1.41 bits per heavy atom. The summed E-state index contributed by atoms with van der Waals surface area (Å²) in [5, 5.41) is 4.77. The number of rotatable bonds is 21. The normalized spacial score (nSPS) is 12.2. The summed E-state index contributed by atoms with van der Waals surface area (Å²) in [6.45, 7) is 2.48. The Hall–Kier alpha value is -0.390. The molecule has 0 rings (SSSR count). The molecular weight excluding hydrogens is 358 g/mol. The SMILES string of the molecule is CCCCCCCC/C=C\CCCCCCCCCCCCOS(N)(=O)=O. The third kappa shape index (κ3) is 25.6. The Kier molecular flexibility index (Phi) is 20.1. The van der Waals surface area contributed by atoms with Gasteiger partial charge >= 0.3 is 10.3 Å². The molecule has 0 aromatic heterocycles. The third-order valence-corrected chi connectivity index (χ3v) is 5.40. The molecule has 0 radical (unpaired) electrons. The molecule has 0 aliphatic carbocycles. The molecular formula is C22H45NO3S. The molecule has 27 heavy (non-hydrogen) atoms. The standard InChI is InChI=1S/C22H45NO3S/c1-2-3-4-5-6-7-8-9-10-11-12-13-14-15-16-17-18-19-20-21-22-26-27(23,24)25/h9-10H,2-8,11-22H2,1H3,(H2,23,24,25)/b10-9-. The lowest BCUT2D eigenvalue weighted by Gasteiger charge is -2.03. The zero-order valence-electron chi connectivity index (χ0n) is 17.8. The summed E-state index contributed by atoms with van der Waals surface area (Å²) in [6, 6.07) is 0. The first-order chi connectivity index (χ1) is 13.1. The van der Waals surface area contributed by atoms with Gasteiger partial charge in [0.1, 0.15) is 0 Å². The number of allylic oxidation sites excluding steroid dienone is 2. The van der Waals surface area contributed by atoms with Crippen molar-refractivity contribution in [2.75, 3.05) is 6.61 Å². The highest BCUT2D eigenvalue weighted by Gasteiger charge is 2.00. The lowest BCUT2D eigenvalue weighted by atomic mass is 10.1. The summed E-state index contributed by atoms with van der Waals surface area (Å²) in [5.41, 5.74) is 0. The zero-order chi connectivity index (χ0) is 20.1.